The molecule has 1 N–H and O–H groups in total. The third-order valence-electron chi connectivity index (χ3n) is 9.05. The van der Waals surface area contributed by atoms with Crippen molar-refractivity contribution in [1.82, 2.24) is 19.8 Å². The van der Waals surface area contributed by atoms with Gasteiger partial charge < -0.3 is 24.5 Å². The minimum atomic E-state index is -0.250. The van der Waals surface area contributed by atoms with Gasteiger partial charge in [-0.1, -0.05) is 43.0 Å². The molecule has 6 rings (SSSR count). The molecular weight excluding hydrogens is 568 g/mol. The molecule has 2 saturated heterocycles. The zero-order valence-corrected chi connectivity index (χ0v) is 26.0. The highest BCUT2D eigenvalue weighted by Gasteiger charge is 2.33. The fourth-order valence-electron chi connectivity index (χ4n) is 6.75. The number of aryl methyl sites for hydroxylation is 1. The Balaban J connectivity index is 0.00000128. The lowest BCUT2D eigenvalue weighted by Gasteiger charge is -2.41. The van der Waals surface area contributed by atoms with Crippen molar-refractivity contribution in [2.75, 3.05) is 44.7 Å². The first-order chi connectivity index (χ1) is 21.9. The maximum absolute atomic E-state index is 12.5. The number of rotatable bonds is 7. The van der Waals surface area contributed by atoms with Crippen molar-refractivity contribution in [3.05, 3.63) is 71.4 Å². The van der Waals surface area contributed by atoms with Crippen molar-refractivity contribution in [2.24, 2.45) is 0 Å². The molecule has 0 saturated carbocycles. The fraction of sp³-hybridized carbons (Fsp3) is 0.400. The number of hydrogen-bond acceptors (Lipinski definition) is 8. The van der Waals surface area contributed by atoms with Crippen LogP contribution >= 0.6 is 0 Å². The number of carbonyl (C=O) groups is 2. The molecule has 3 heterocycles. The van der Waals surface area contributed by atoms with Gasteiger partial charge in [0, 0.05) is 31.2 Å². The number of likely N-dealkylation sites (N-methyl/N-ethyl adjacent to an activating group) is 1. The molecule has 2 fully saturated rings. The SMILES string of the molecule is C=CC(=O)N1CCN(c2nc(OC[C@@H]3CCCN3C)nc3c2CCC(c2cccc4cccc(C)c24)=C3)C[C@@H]1CC#N.O=CO. The number of piperazine rings is 1. The van der Waals surface area contributed by atoms with E-state index in [1.165, 1.54) is 40.0 Å². The van der Waals surface area contributed by atoms with Gasteiger partial charge in [-0.25, -0.2) is 0 Å². The van der Waals surface area contributed by atoms with Crippen LogP contribution in [0.4, 0.5) is 5.82 Å². The smallest absolute Gasteiger partial charge is 0.318 e. The molecule has 1 aliphatic carbocycles. The molecule has 45 heavy (non-hydrogen) atoms. The van der Waals surface area contributed by atoms with Gasteiger partial charge >= 0.3 is 6.01 Å². The van der Waals surface area contributed by atoms with E-state index >= 15 is 0 Å². The fourth-order valence-corrected chi connectivity index (χ4v) is 6.75. The third-order valence-corrected chi connectivity index (χ3v) is 9.05. The van der Waals surface area contributed by atoms with Crippen molar-refractivity contribution in [3.8, 4) is 12.1 Å². The lowest BCUT2D eigenvalue weighted by atomic mass is 9.87. The average Bonchev–Trinajstić information content (AvgIpc) is 3.47. The molecule has 10 nitrogen and oxygen atoms in total. The number of carbonyl (C=O) groups excluding carboxylic acids is 1. The van der Waals surface area contributed by atoms with Crippen LogP contribution < -0.4 is 9.64 Å². The number of hydrogen-bond donors (Lipinski definition) is 1. The molecule has 0 radical (unpaired) electrons. The molecule has 234 valence electrons. The van der Waals surface area contributed by atoms with E-state index < -0.39 is 0 Å². The van der Waals surface area contributed by atoms with Crippen LogP contribution in [0.25, 0.3) is 22.4 Å². The summed E-state index contributed by atoms with van der Waals surface area (Å²) < 4.78 is 6.29. The Bertz CT molecular complexity index is 1640. The zero-order valence-electron chi connectivity index (χ0n) is 26.0. The largest absolute Gasteiger partial charge is 0.483 e. The van der Waals surface area contributed by atoms with Gasteiger partial charge in [-0.05, 0) is 85.8 Å². The number of benzene rings is 2. The van der Waals surface area contributed by atoms with Gasteiger partial charge in [-0.15, -0.1) is 0 Å². The molecular formula is C35H40N6O4. The van der Waals surface area contributed by atoms with E-state index in [2.05, 4.69) is 78.9 Å². The molecule has 10 heteroatoms. The molecule has 2 atom stereocenters. The van der Waals surface area contributed by atoms with Gasteiger partial charge in [0.25, 0.3) is 6.47 Å². The number of fused-ring (bicyclic) bond motifs is 2. The second kappa shape index (κ2) is 14.4. The van der Waals surface area contributed by atoms with Crippen molar-refractivity contribution in [1.29, 1.82) is 5.26 Å². The van der Waals surface area contributed by atoms with Crippen molar-refractivity contribution >= 4 is 40.6 Å². The van der Waals surface area contributed by atoms with Gasteiger partial charge in [0.2, 0.25) is 5.91 Å². The van der Waals surface area contributed by atoms with E-state index in [-0.39, 0.29) is 24.8 Å². The van der Waals surface area contributed by atoms with Gasteiger partial charge in [-0.3, -0.25) is 9.59 Å². The summed E-state index contributed by atoms with van der Waals surface area (Å²) in [5, 5.41) is 18.9. The summed E-state index contributed by atoms with van der Waals surface area (Å²) in [6.45, 7) is 8.86. The van der Waals surface area contributed by atoms with Gasteiger partial charge in [0.05, 0.1) is 24.2 Å². The van der Waals surface area contributed by atoms with E-state index in [1.807, 2.05) is 0 Å². The van der Waals surface area contributed by atoms with Crippen LogP contribution in [0.5, 0.6) is 6.01 Å². The molecule has 0 unspecified atom stereocenters. The molecule has 3 aromatic rings. The first-order valence-corrected chi connectivity index (χ1v) is 15.4. The van der Waals surface area contributed by atoms with E-state index in [1.54, 1.807) is 4.90 Å². The maximum Gasteiger partial charge on any atom is 0.318 e. The van der Waals surface area contributed by atoms with Crippen LogP contribution in [0.15, 0.2) is 49.1 Å². The molecule has 1 amide bonds. The molecule has 3 aliphatic rings. The number of nitrogens with zero attached hydrogens (tertiary/aromatic N) is 6. The normalized spacial score (nSPS) is 19.5. The summed E-state index contributed by atoms with van der Waals surface area (Å²) in [4.78, 5) is 37.1. The van der Waals surface area contributed by atoms with Crippen LogP contribution in [0.2, 0.25) is 0 Å². The number of likely N-dealkylation sites (tertiary alicyclic amines) is 1. The lowest BCUT2D eigenvalue weighted by molar-refractivity contribution is -0.128. The topological polar surface area (TPSA) is 123 Å². The highest BCUT2D eigenvalue weighted by Crippen LogP contribution is 2.38. The second-order valence-electron chi connectivity index (χ2n) is 11.7. The van der Waals surface area contributed by atoms with Crippen molar-refractivity contribution in [2.45, 2.75) is 51.1 Å². The highest BCUT2D eigenvalue weighted by atomic mass is 16.5. The van der Waals surface area contributed by atoms with Crippen molar-refractivity contribution in [3.63, 3.8) is 0 Å². The quantitative estimate of drug-likeness (QED) is 0.300. The zero-order chi connectivity index (χ0) is 31.9. The predicted molar refractivity (Wildman–Crippen MR) is 175 cm³/mol. The number of aromatic nitrogens is 2. The summed E-state index contributed by atoms with van der Waals surface area (Å²) >= 11 is 0. The van der Waals surface area contributed by atoms with Crippen LogP contribution in [0, 0.1) is 18.3 Å². The Morgan fingerprint density at radius 2 is 1.93 bits per heavy atom. The first-order valence-electron chi connectivity index (χ1n) is 15.4. The Labute approximate surface area is 264 Å². The summed E-state index contributed by atoms with van der Waals surface area (Å²) in [5.74, 6) is 0.718. The number of amides is 1. The highest BCUT2D eigenvalue weighted by molar-refractivity contribution is 6.00. The number of ether oxygens (including phenoxy) is 1. The van der Waals surface area contributed by atoms with Crippen molar-refractivity contribution < 1.29 is 19.4 Å². The Hall–Kier alpha value is -4.75. The molecule has 1 aromatic heterocycles. The lowest BCUT2D eigenvalue weighted by Crippen LogP contribution is -2.55. The first kappa shape index (κ1) is 31.7. The Kier molecular flexibility index (Phi) is 10.1. The van der Waals surface area contributed by atoms with E-state index in [4.69, 9.17) is 24.6 Å². The second-order valence-corrected chi connectivity index (χ2v) is 11.7. The van der Waals surface area contributed by atoms with E-state index in [9.17, 15) is 10.1 Å². The van der Waals surface area contributed by atoms with E-state index in [0.29, 0.717) is 38.3 Å². The molecule has 0 spiro atoms. The minimum absolute atomic E-state index is 0.137. The van der Waals surface area contributed by atoms with Crippen LogP contribution in [0.3, 0.4) is 0 Å². The van der Waals surface area contributed by atoms with Crippen LogP contribution in [-0.4, -0.2) is 89.2 Å². The average molecular weight is 609 g/mol. The van der Waals surface area contributed by atoms with Crippen LogP contribution in [0.1, 0.15) is 48.1 Å². The van der Waals surface area contributed by atoms with Crippen LogP contribution in [-0.2, 0) is 16.0 Å². The molecule has 2 aliphatic heterocycles. The standard InChI is InChI=1S/C34H38N6O2.CH2O2/c1-4-31(41)40-19-18-39(21-26(40)15-16-35)33-29-14-13-25(28-12-6-10-24-9-5-8-23(2)32(24)28)20-30(29)36-34(37-33)42-22-27-11-7-17-38(27)3;2-1-3/h4-6,8-10,12,20,26-27H,1,7,11,13-15,17-19,21-22H2,2-3H3;1H,(H,2,3)/t26-,27-;/m0./s1. The maximum atomic E-state index is 12.5. The van der Waals surface area contributed by atoms with Gasteiger partial charge in [0.1, 0.15) is 12.4 Å². The number of anilines is 1. The molecule has 2 aromatic carbocycles. The summed E-state index contributed by atoms with van der Waals surface area (Å²) in [6.07, 6.45) is 7.76. The minimum Gasteiger partial charge on any atom is -0.483 e. The Morgan fingerprint density at radius 1 is 1.16 bits per heavy atom. The predicted octanol–water partition coefficient (Wildman–Crippen LogP) is 4.72. The summed E-state index contributed by atoms with van der Waals surface area (Å²) in [6, 6.07) is 15.7. The van der Waals surface area contributed by atoms with Gasteiger partial charge in [-0.2, -0.15) is 15.2 Å². The molecule has 0 bridgehead atoms. The number of allylic oxidation sites excluding steroid dienone is 1. The monoisotopic (exact) mass is 608 g/mol. The van der Waals surface area contributed by atoms with Gasteiger partial charge in [0.15, 0.2) is 0 Å². The summed E-state index contributed by atoms with van der Waals surface area (Å²) in [7, 11) is 2.14. The van der Waals surface area contributed by atoms with E-state index in [0.717, 1.165) is 42.9 Å². The number of nitriles is 1. The third kappa shape index (κ3) is 6.84. The number of carboxylic acid groups (broad SMARTS) is 1. The Morgan fingerprint density at radius 3 is 2.64 bits per heavy atom. The summed E-state index contributed by atoms with van der Waals surface area (Å²) in [5.41, 5.74) is 5.76.